The molecule has 344 valence electrons. The monoisotopic (exact) mass is 965 g/mol. The molecule has 3 heterocycles. The van der Waals surface area contributed by atoms with E-state index in [0.717, 1.165) is 29.8 Å². The van der Waals surface area contributed by atoms with Crippen molar-refractivity contribution < 1.29 is 0 Å². The van der Waals surface area contributed by atoms with Gasteiger partial charge in [-0.05, 0) is 134 Å². The third kappa shape index (κ3) is 6.13. The Morgan fingerprint density at radius 2 is 0.904 bits per heavy atom. The third-order valence-electron chi connectivity index (χ3n) is 16.4. The minimum atomic E-state index is -0.555. The van der Waals surface area contributed by atoms with Crippen LogP contribution in [0.2, 0.25) is 0 Å². The number of benzene rings is 10. The van der Waals surface area contributed by atoms with Crippen molar-refractivity contribution in [1.82, 2.24) is 0 Å². The Labute approximate surface area is 434 Å². The molecule has 1 aromatic heterocycles. The Morgan fingerprint density at radius 3 is 1.60 bits per heavy atom. The smallest absolute Gasteiger partial charge is 0.0729 e. The molecule has 0 amide bonds. The molecule has 0 bridgehead atoms. The zero-order valence-corrected chi connectivity index (χ0v) is 41.9. The van der Waals surface area contributed by atoms with Gasteiger partial charge in [-0.3, -0.25) is 4.99 Å². The number of hydrogen-bond donors (Lipinski definition) is 0. The molecule has 3 heteroatoms. The predicted molar refractivity (Wildman–Crippen MR) is 307 cm³/mol. The number of allylic oxidation sites excluding steroid dienone is 3. The van der Waals surface area contributed by atoms with E-state index >= 15 is 0 Å². The second-order valence-corrected chi connectivity index (χ2v) is 22.2. The molecular weight excluding hydrogens is 919 g/mol. The summed E-state index contributed by atoms with van der Waals surface area (Å²) in [6.45, 7) is 2.31. The summed E-state index contributed by atoms with van der Waals surface area (Å²) in [7, 11) is 0. The van der Waals surface area contributed by atoms with Crippen LogP contribution in [0.5, 0.6) is 0 Å². The molecule has 73 heavy (non-hydrogen) atoms. The highest BCUT2D eigenvalue weighted by Crippen LogP contribution is 2.67. The molecule has 2 aliphatic heterocycles. The van der Waals surface area contributed by atoms with Crippen molar-refractivity contribution in [3.8, 4) is 22.3 Å². The van der Waals surface area contributed by atoms with Gasteiger partial charge in [0.1, 0.15) is 0 Å². The maximum absolute atomic E-state index is 5.58. The highest BCUT2D eigenvalue weighted by Gasteiger charge is 2.58. The van der Waals surface area contributed by atoms with Gasteiger partial charge in [0.25, 0.3) is 0 Å². The van der Waals surface area contributed by atoms with Gasteiger partial charge in [-0.15, -0.1) is 11.3 Å². The second kappa shape index (κ2) is 16.5. The molecule has 0 radical (unpaired) electrons. The minimum absolute atomic E-state index is 0.504. The van der Waals surface area contributed by atoms with Crippen LogP contribution in [0.1, 0.15) is 81.0 Å². The molecule has 10 aromatic carbocycles. The Hall–Kier alpha value is -8.08. The minimum Gasteiger partial charge on any atom is -0.252 e. The van der Waals surface area contributed by atoms with E-state index in [1.165, 1.54) is 119 Å². The third-order valence-corrected chi connectivity index (χ3v) is 18.6. The number of aliphatic imine (C=N–C) groups is 1. The van der Waals surface area contributed by atoms with E-state index in [9.17, 15) is 0 Å². The summed E-state index contributed by atoms with van der Waals surface area (Å²) in [6, 6.07) is 89.1. The highest BCUT2D eigenvalue weighted by molar-refractivity contribution is 7.99. The molecule has 0 saturated carbocycles. The van der Waals surface area contributed by atoms with E-state index in [0.29, 0.717) is 0 Å². The van der Waals surface area contributed by atoms with E-state index in [1.807, 2.05) is 23.1 Å². The second-order valence-electron chi connectivity index (χ2n) is 20.0. The van der Waals surface area contributed by atoms with Gasteiger partial charge in [-0.2, -0.15) is 0 Å². The predicted octanol–water partition coefficient (Wildman–Crippen LogP) is 18.3. The Balaban J connectivity index is 0.906. The summed E-state index contributed by atoms with van der Waals surface area (Å²) in [5.74, 6) is 0. The quantitative estimate of drug-likeness (QED) is 0.171. The lowest BCUT2D eigenvalue weighted by atomic mass is 9.51. The van der Waals surface area contributed by atoms with Crippen molar-refractivity contribution in [2.24, 2.45) is 4.99 Å². The van der Waals surface area contributed by atoms with Crippen molar-refractivity contribution in [2.75, 3.05) is 0 Å². The van der Waals surface area contributed by atoms with Gasteiger partial charge < -0.3 is 0 Å². The lowest BCUT2D eigenvalue weighted by molar-refractivity contribution is 0.605. The highest BCUT2D eigenvalue weighted by atomic mass is 32.2. The fraction of sp³-hybridized carbons (Fsp3) is 0.0714. The van der Waals surface area contributed by atoms with E-state index in [1.54, 1.807) is 0 Å². The first-order valence-electron chi connectivity index (χ1n) is 25.5. The number of thiophene rings is 1. The molecule has 0 saturated heterocycles. The van der Waals surface area contributed by atoms with Crippen LogP contribution in [0.25, 0.3) is 53.7 Å². The maximum atomic E-state index is 5.58. The van der Waals surface area contributed by atoms with E-state index < -0.39 is 10.8 Å². The summed E-state index contributed by atoms with van der Waals surface area (Å²) in [5.41, 5.74) is 23.0. The van der Waals surface area contributed by atoms with Crippen LogP contribution >= 0.6 is 23.1 Å². The average molecular weight is 966 g/mol. The molecule has 15 rings (SSSR count). The molecule has 0 N–H and O–H groups in total. The van der Waals surface area contributed by atoms with Crippen LogP contribution < -0.4 is 0 Å². The first kappa shape index (κ1) is 42.6. The van der Waals surface area contributed by atoms with E-state index in [-0.39, 0.29) is 0 Å². The number of fused-ring (bicyclic) bond motifs is 18. The molecule has 0 atom stereocenters. The van der Waals surface area contributed by atoms with Crippen LogP contribution in [-0.2, 0) is 10.8 Å². The Bertz CT molecular complexity index is 4090. The van der Waals surface area contributed by atoms with Gasteiger partial charge in [-0.1, -0.05) is 230 Å². The summed E-state index contributed by atoms with van der Waals surface area (Å²) in [5, 5.41) is 2.64. The number of rotatable bonds is 4. The van der Waals surface area contributed by atoms with Crippen LogP contribution in [0.15, 0.2) is 263 Å². The lowest BCUT2D eigenvalue weighted by Crippen LogP contribution is -2.45. The largest absolute Gasteiger partial charge is 0.252 e. The van der Waals surface area contributed by atoms with Crippen molar-refractivity contribution in [3.63, 3.8) is 0 Å². The first-order valence-corrected chi connectivity index (χ1v) is 27.1. The number of nitrogens with zero attached hydrogens (tertiary/aromatic N) is 1. The molecule has 4 aliphatic rings. The zero-order chi connectivity index (χ0) is 48.3. The fourth-order valence-electron chi connectivity index (χ4n) is 13.3. The van der Waals surface area contributed by atoms with Crippen LogP contribution in [0.3, 0.4) is 0 Å². The molecular formula is C70H47NS2. The van der Waals surface area contributed by atoms with Gasteiger partial charge in [-0.25, -0.2) is 0 Å². The van der Waals surface area contributed by atoms with Crippen molar-refractivity contribution in [1.29, 1.82) is 0 Å². The number of hydrogen-bond acceptors (Lipinski definition) is 3. The average Bonchev–Trinajstić information content (AvgIpc) is 4.10. The summed E-state index contributed by atoms with van der Waals surface area (Å²) in [6.07, 6.45) is 4.16. The van der Waals surface area contributed by atoms with Crippen LogP contribution in [-0.4, -0.2) is 5.71 Å². The lowest BCUT2D eigenvalue weighted by Gasteiger charge is -2.51. The van der Waals surface area contributed by atoms with Crippen LogP contribution in [0.4, 0.5) is 0 Å². The molecule has 1 nitrogen and oxygen atoms in total. The molecule has 0 unspecified atom stereocenters. The SMILES string of the molecule is C/C1=C(c2ccc3c(c2)sc2ccccc23)/C=C(c2ccc(-c3cccc4c3-c3ccccc3C43c4ccccc4C4(c5ccccc5Sc5ccccc54)c4ccccc43)cc2)\N=C(\c2ccccc2)CC1. The maximum Gasteiger partial charge on any atom is 0.0729 e. The summed E-state index contributed by atoms with van der Waals surface area (Å²) < 4.78 is 2.64. The molecule has 2 spiro atoms. The summed E-state index contributed by atoms with van der Waals surface area (Å²) in [4.78, 5) is 8.21. The zero-order valence-electron chi connectivity index (χ0n) is 40.3. The molecule has 2 aliphatic carbocycles. The van der Waals surface area contributed by atoms with Gasteiger partial charge in [0.2, 0.25) is 0 Å². The Kier molecular flexibility index (Phi) is 9.61. The van der Waals surface area contributed by atoms with Crippen molar-refractivity contribution >= 4 is 60.3 Å². The van der Waals surface area contributed by atoms with E-state index in [4.69, 9.17) is 4.99 Å². The van der Waals surface area contributed by atoms with Gasteiger partial charge in [0.05, 0.1) is 16.5 Å². The molecule has 11 aromatic rings. The van der Waals surface area contributed by atoms with Gasteiger partial charge in [0.15, 0.2) is 0 Å². The van der Waals surface area contributed by atoms with Crippen LogP contribution in [0, 0.1) is 0 Å². The van der Waals surface area contributed by atoms with Crippen molar-refractivity contribution in [3.05, 3.63) is 309 Å². The topological polar surface area (TPSA) is 12.4 Å². The van der Waals surface area contributed by atoms with Gasteiger partial charge in [0, 0.05) is 41.2 Å². The van der Waals surface area contributed by atoms with E-state index in [2.05, 4.69) is 250 Å². The first-order chi connectivity index (χ1) is 36.1. The fourth-order valence-corrected chi connectivity index (χ4v) is 15.6. The summed E-state index contributed by atoms with van der Waals surface area (Å²) >= 11 is 3.78. The molecule has 0 fully saturated rings. The standard InChI is InChI=1S/C70H47NS2/c1-44-34-41-62(46-18-3-2-4-19-46)71-63(43-53(44)48-39-40-51-50-20-6-14-31-64(50)72-67(51)42-48)47-37-35-45(36-38-47)49-22-17-30-61-68(49)52-21-5-7-23-54(52)69(61)55-24-8-10-26-57(55)70(58-27-11-9-25-56(58)69)59-28-12-15-32-65(59)73-66-33-16-13-29-60(66)70/h2-33,35-40,42-43H,34,41H2,1H3/b53-44+,63-43-,71-62+. The normalized spacial score (nSPS) is 18.0. The van der Waals surface area contributed by atoms with Crippen molar-refractivity contribution in [2.45, 2.75) is 40.4 Å². The Morgan fingerprint density at radius 1 is 0.384 bits per heavy atom. The van der Waals surface area contributed by atoms with Gasteiger partial charge >= 0.3 is 0 Å².